The zero-order valence-corrected chi connectivity index (χ0v) is 17.3. The van der Waals surface area contributed by atoms with Crippen LogP contribution in [0.2, 0.25) is 0 Å². The molecule has 1 aromatic carbocycles. The fourth-order valence-electron chi connectivity index (χ4n) is 3.61. The predicted octanol–water partition coefficient (Wildman–Crippen LogP) is 3.41. The second-order valence-corrected chi connectivity index (χ2v) is 8.96. The first-order chi connectivity index (χ1) is 13.4. The zero-order chi connectivity index (χ0) is 20.3. The molecular formula is C19H21NO6S2. The number of benzene rings is 1. The minimum atomic E-state index is -2.02. The molecular weight excluding hydrogens is 402 g/mol. The number of methoxy groups -OCH3 is 1. The van der Waals surface area contributed by atoms with Gasteiger partial charge in [0.1, 0.15) is 5.75 Å². The Morgan fingerprint density at radius 2 is 1.93 bits per heavy atom. The van der Waals surface area contributed by atoms with Crippen LogP contribution in [0.4, 0.5) is 0 Å². The molecule has 2 unspecified atom stereocenters. The summed E-state index contributed by atoms with van der Waals surface area (Å²) in [4.78, 5) is 37.5. The van der Waals surface area contributed by atoms with Crippen LogP contribution in [0.3, 0.4) is 0 Å². The Kier molecular flexibility index (Phi) is 6.34. The monoisotopic (exact) mass is 423 g/mol. The first-order valence-corrected chi connectivity index (χ1v) is 10.9. The molecule has 28 heavy (non-hydrogen) atoms. The van der Waals surface area contributed by atoms with E-state index in [9.17, 15) is 19.7 Å². The van der Waals surface area contributed by atoms with Crippen molar-refractivity contribution in [1.29, 1.82) is 0 Å². The second-order valence-electron chi connectivity index (χ2n) is 6.49. The molecule has 0 N–H and O–H groups in total. The lowest BCUT2D eigenvalue weighted by Gasteiger charge is -2.35. The van der Waals surface area contributed by atoms with Crippen LogP contribution < -0.4 is 4.74 Å². The Morgan fingerprint density at radius 3 is 2.46 bits per heavy atom. The molecule has 2 aliphatic rings. The highest BCUT2D eigenvalue weighted by Crippen LogP contribution is 2.49. The minimum absolute atomic E-state index is 0.0348. The molecule has 1 saturated heterocycles. The number of rotatable bonds is 5. The summed E-state index contributed by atoms with van der Waals surface area (Å²) >= 11 is 3.05. The third-order valence-corrected chi connectivity index (χ3v) is 7.82. The number of hydrogen-bond donors (Lipinski definition) is 0. The summed E-state index contributed by atoms with van der Waals surface area (Å²) in [6.07, 6.45) is -0.351. The van der Waals surface area contributed by atoms with Gasteiger partial charge >= 0.3 is 11.5 Å². The van der Waals surface area contributed by atoms with E-state index >= 15 is 0 Å². The van der Waals surface area contributed by atoms with E-state index in [1.54, 1.807) is 31.2 Å². The Hall–Kier alpha value is -2.00. The number of Topliss-reactive ketones (excluding diaryl/α,β-unsaturated/α-hetero) is 1. The van der Waals surface area contributed by atoms with Crippen molar-refractivity contribution < 1.29 is 24.0 Å². The maximum atomic E-state index is 12.9. The molecule has 2 fully saturated rings. The van der Waals surface area contributed by atoms with E-state index in [1.807, 2.05) is 0 Å². The molecule has 0 amide bonds. The highest BCUT2D eigenvalue weighted by Gasteiger charge is 2.63. The van der Waals surface area contributed by atoms with E-state index in [1.165, 1.54) is 30.6 Å². The maximum absolute atomic E-state index is 12.9. The normalized spacial score (nSPS) is 24.9. The fourth-order valence-corrected chi connectivity index (χ4v) is 6.20. The topological polar surface area (TPSA) is 95.7 Å². The molecule has 1 aromatic rings. The van der Waals surface area contributed by atoms with Gasteiger partial charge in [0.2, 0.25) is 0 Å². The van der Waals surface area contributed by atoms with Gasteiger partial charge in [0.25, 0.3) is 0 Å². The molecule has 0 bridgehead atoms. The van der Waals surface area contributed by atoms with Gasteiger partial charge in [-0.2, -0.15) is 0 Å². The molecule has 9 heteroatoms. The number of carbonyl (C=O) groups excluding carboxylic acids is 2. The van der Waals surface area contributed by atoms with Gasteiger partial charge in [0.05, 0.1) is 26.1 Å². The molecule has 0 radical (unpaired) electrons. The van der Waals surface area contributed by atoms with Gasteiger partial charge in [-0.05, 0) is 24.6 Å². The standard InChI is InChI=1S/C19H21NO6S2/c1-3-26-18(22)19(20(23)24)11-14(17-27-8-9-28-17)16(21)10-15(19)12-4-6-13(25-2)7-5-12/h4-7,15H,3,8-11H2,1-2H3. The Balaban J connectivity index is 2.12. The Bertz CT molecular complexity index is 814. The van der Waals surface area contributed by atoms with Crippen LogP contribution in [0.5, 0.6) is 5.75 Å². The van der Waals surface area contributed by atoms with Gasteiger partial charge in [0.15, 0.2) is 5.78 Å². The van der Waals surface area contributed by atoms with Crippen molar-refractivity contribution in [2.24, 2.45) is 0 Å². The Labute approximate surface area is 171 Å². The molecule has 1 aliphatic heterocycles. The third kappa shape index (κ3) is 3.65. The van der Waals surface area contributed by atoms with Crippen LogP contribution in [0.25, 0.3) is 0 Å². The van der Waals surface area contributed by atoms with Crippen molar-refractivity contribution in [2.75, 3.05) is 25.2 Å². The second kappa shape index (κ2) is 8.57. The van der Waals surface area contributed by atoms with Crippen LogP contribution in [0, 0.1) is 10.1 Å². The Morgan fingerprint density at radius 1 is 1.29 bits per heavy atom. The number of nitro groups is 1. The van der Waals surface area contributed by atoms with E-state index < -0.39 is 22.3 Å². The van der Waals surface area contributed by atoms with Gasteiger partial charge in [-0.1, -0.05) is 12.1 Å². The summed E-state index contributed by atoms with van der Waals surface area (Å²) in [6, 6.07) is 6.69. The lowest BCUT2D eigenvalue weighted by molar-refractivity contribution is -0.560. The molecule has 2 atom stereocenters. The third-order valence-electron chi connectivity index (χ3n) is 5.02. The highest BCUT2D eigenvalue weighted by atomic mass is 32.2. The predicted molar refractivity (Wildman–Crippen MR) is 108 cm³/mol. The summed E-state index contributed by atoms with van der Waals surface area (Å²) in [6.45, 7) is 1.65. The van der Waals surface area contributed by atoms with E-state index in [2.05, 4.69) is 0 Å². The maximum Gasteiger partial charge on any atom is 0.385 e. The minimum Gasteiger partial charge on any atom is -0.497 e. The average Bonchev–Trinajstić information content (AvgIpc) is 3.22. The van der Waals surface area contributed by atoms with Crippen LogP contribution in [-0.4, -0.2) is 47.4 Å². The van der Waals surface area contributed by atoms with Crippen molar-refractivity contribution in [3.63, 3.8) is 0 Å². The largest absolute Gasteiger partial charge is 0.497 e. The molecule has 7 nitrogen and oxygen atoms in total. The van der Waals surface area contributed by atoms with E-state index in [-0.39, 0.29) is 25.2 Å². The first-order valence-electron chi connectivity index (χ1n) is 8.91. The summed E-state index contributed by atoms with van der Waals surface area (Å²) in [5.74, 6) is 0.363. The summed E-state index contributed by atoms with van der Waals surface area (Å²) in [5.41, 5.74) is -1.08. The fraction of sp³-hybridized carbons (Fsp3) is 0.474. The summed E-state index contributed by atoms with van der Waals surface area (Å²) in [5, 5.41) is 12.3. The number of ether oxygens (including phenoxy) is 2. The molecule has 1 saturated carbocycles. The van der Waals surface area contributed by atoms with Crippen LogP contribution in [0.1, 0.15) is 31.2 Å². The quantitative estimate of drug-likeness (QED) is 0.308. The number of ketones is 1. The molecule has 3 rings (SSSR count). The molecule has 0 spiro atoms. The molecule has 1 aliphatic carbocycles. The molecule has 1 heterocycles. The lowest BCUT2D eigenvalue weighted by atomic mass is 9.68. The lowest BCUT2D eigenvalue weighted by Crippen LogP contribution is -2.56. The number of hydrogen-bond acceptors (Lipinski definition) is 8. The van der Waals surface area contributed by atoms with Gasteiger partial charge in [-0.3, -0.25) is 14.9 Å². The molecule has 0 aromatic heterocycles. The van der Waals surface area contributed by atoms with Crippen molar-refractivity contribution in [1.82, 2.24) is 0 Å². The van der Waals surface area contributed by atoms with Crippen molar-refractivity contribution in [3.05, 3.63) is 49.8 Å². The van der Waals surface area contributed by atoms with E-state index in [4.69, 9.17) is 9.47 Å². The van der Waals surface area contributed by atoms with Crippen LogP contribution in [0.15, 0.2) is 34.1 Å². The number of esters is 1. The first kappa shape index (κ1) is 20.7. The van der Waals surface area contributed by atoms with E-state index in [0.717, 1.165) is 15.7 Å². The summed E-state index contributed by atoms with van der Waals surface area (Å²) < 4.78 is 11.1. The van der Waals surface area contributed by atoms with Gasteiger partial charge in [0, 0.05) is 32.7 Å². The smallest absolute Gasteiger partial charge is 0.385 e. The van der Waals surface area contributed by atoms with Crippen molar-refractivity contribution in [3.8, 4) is 5.75 Å². The number of nitrogens with zero attached hydrogens (tertiary/aromatic N) is 1. The average molecular weight is 424 g/mol. The van der Waals surface area contributed by atoms with Crippen LogP contribution >= 0.6 is 23.5 Å². The van der Waals surface area contributed by atoms with Crippen molar-refractivity contribution >= 4 is 35.3 Å². The van der Waals surface area contributed by atoms with Gasteiger partial charge < -0.3 is 9.47 Å². The van der Waals surface area contributed by atoms with E-state index in [0.29, 0.717) is 16.9 Å². The molecule has 150 valence electrons. The van der Waals surface area contributed by atoms with Crippen molar-refractivity contribution in [2.45, 2.75) is 31.2 Å². The van der Waals surface area contributed by atoms with Gasteiger partial charge in [-0.25, -0.2) is 4.79 Å². The number of thioether (sulfide) groups is 2. The zero-order valence-electron chi connectivity index (χ0n) is 15.6. The number of carbonyl (C=O) groups is 2. The van der Waals surface area contributed by atoms with Crippen LogP contribution in [-0.2, 0) is 14.3 Å². The summed E-state index contributed by atoms with van der Waals surface area (Å²) in [7, 11) is 1.52. The van der Waals surface area contributed by atoms with Gasteiger partial charge in [-0.15, -0.1) is 23.5 Å². The SMILES string of the molecule is CCOC(=O)C1([N+](=O)[O-])CC(=C2SCCS2)C(=O)CC1c1ccc(OC)cc1. The highest BCUT2D eigenvalue weighted by molar-refractivity contribution is 8.25.